The number of aromatic nitrogens is 2. The lowest BCUT2D eigenvalue weighted by Crippen LogP contribution is -2.22. The number of imidazole rings is 1. The van der Waals surface area contributed by atoms with E-state index < -0.39 is 0 Å². The predicted molar refractivity (Wildman–Crippen MR) is 110 cm³/mol. The van der Waals surface area contributed by atoms with Crippen molar-refractivity contribution in [2.45, 2.75) is 0 Å². The predicted octanol–water partition coefficient (Wildman–Crippen LogP) is 5.02. The molecular weight excluding hydrogens is 403 g/mol. The molecule has 0 aliphatic heterocycles. The van der Waals surface area contributed by atoms with Crippen LogP contribution in [-0.2, 0) is 0 Å². The van der Waals surface area contributed by atoms with Crippen molar-refractivity contribution in [2.24, 2.45) is 0 Å². The molecule has 0 bridgehead atoms. The first-order valence-electron chi connectivity index (χ1n) is 8.07. The molecule has 0 atom stereocenters. The van der Waals surface area contributed by atoms with E-state index in [0.29, 0.717) is 36.6 Å². The minimum atomic E-state index is -0.109. The fraction of sp³-hybridized carbons (Fsp3) is 0. The Morgan fingerprint density at radius 3 is 2.81 bits per heavy atom. The molecule has 0 aliphatic carbocycles. The number of furan rings is 1. The number of hydrogen-bond donors (Lipinski definition) is 0. The largest absolute Gasteiger partial charge is 0.457 e. The van der Waals surface area contributed by atoms with Crippen LogP contribution in [0.15, 0.2) is 63.8 Å². The fourth-order valence-corrected chi connectivity index (χ4v) is 4.35. The number of nitrogens with zero attached hydrogens (tertiary/aromatic N) is 2. The summed E-state index contributed by atoms with van der Waals surface area (Å²) in [6, 6.07) is 16.4. The van der Waals surface area contributed by atoms with Crippen molar-refractivity contribution in [3.8, 4) is 11.3 Å². The standard InChI is InChI=1S/C20H10Cl2N2O2S/c21-11-5-7-14(22)13(9-11)17-8-6-12(26-17)10-18-19(25)24-16-4-2-1-3-15(16)23-20(24)27-18/h1-10H/b18-10+. The molecule has 3 heterocycles. The van der Waals surface area contributed by atoms with Gasteiger partial charge in [-0.05, 0) is 42.5 Å². The van der Waals surface area contributed by atoms with Gasteiger partial charge in [0.2, 0.25) is 0 Å². The summed E-state index contributed by atoms with van der Waals surface area (Å²) in [5, 5.41) is 1.12. The molecule has 0 saturated heterocycles. The Labute approximate surface area is 166 Å². The van der Waals surface area contributed by atoms with Crippen LogP contribution in [0.3, 0.4) is 0 Å². The third-order valence-corrected chi connectivity index (χ3v) is 5.77. The number of benzene rings is 2. The van der Waals surface area contributed by atoms with E-state index in [2.05, 4.69) is 4.98 Å². The van der Waals surface area contributed by atoms with E-state index in [4.69, 9.17) is 27.6 Å². The van der Waals surface area contributed by atoms with E-state index in [1.807, 2.05) is 30.3 Å². The summed E-state index contributed by atoms with van der Waals surface area (Å²) < 4.78 is 8.05. The maximum atomic E-state index is 12.8. The highest BCUT2D eigenvalue weighted by molar-refractivity contribution is 7.15. The third kappa shape index (κ3) is 2.75. The van der Waals surface area contributed by atoms with Gasteiger partial charge in [-0.1, -0.05) is 46.7 Å². The lowest BCUT2D eigenvalue weighted by Gasteiger charge is -2.00. The molecule has 0 saturated carbocycles. The highest BCUT2D eigenvalue weighted by Gasteiger charge is 2.12. The molecule has 0 amide bonds. The van der Waals surface area contributed by atoms with Gasteiger partial charge in [0.1, 0.15) is 16.1 Å². The first kappa shape index (κ1) is 16.6. The minimum absolute atomic E-state index is 0.109. The fourth-order valence-electron chi connectivity index (χ4n) is 3.00. The van der Waals surface area contributed by atoms with Crippen LogP contribution in [0.1, 0.15) is 5.76 Å². The second-order valence-electron chi connectivity index (χ2n) is 5.96. The Morgan fingerprint density at radius 1 is 1.07 bits per heavy atom. The maximum Gasteiger partial charge on any atom is 0.275 e. The lowest BCUT2D eigenvalue weighted by atomic mass is 10.2. The quantitative estimate of drug-likeness (QED) is 0.408. The summed E-state index contributed by atoms with van der Waals surface area (Å²) >= 11 is 13.6. The van der Waals surface area contributed by atoms with Crippen LogP contribution in [0.2, 0.25) is 10.0 Å². The van der Waals surface area contributed by atoms with E-state index in [1.54, 1.807) is 34.7 Å². The summed E-state index contributed by atoms with van der Waals surface area (Å²) in [5.41, 5.74) is 2.21. The van der Waals surface area contributed by atoms with E-state index in [1.165, 1.54) is 11.3 Å². The molecule has 2 aromatic carbocycles. The van der Waals surface area contributed by atoms with Crippen molar-refractivity contribution < 1.29 is 4.42 Å². The van der Waals surface area contributed by atoms with E-state index in [-0.39, 0.29) is 5.56 Å². The Hall–Kier alpha value is -2.60. The molecule has 0 spiro atoms. The normalized spacial score (nSPS) is 12.4. The number of para-hydroxylation sites is 2. The smallest absolute Gasteiger partial charge is 0.275 e. The molecule has 0 N–H and O–H groups in total. The van der Waals surface area contributed by atoms with E-state index in [9.17, 15) is 4.79 Å². The van der Waals surface area contributed by atoms with Gasteiger partial charge in [-0.2, -0.15) is 0 Å². The molecule has 0 unspecified atom stereocenters. The van der Waals surface area contributed by atoms with Crippen molar-refractivity contribution in [1.82, 2.24) is 9.38 Å². The van der Waals surface area contributed by atoms with Crippen LogP contribution in [0.4, 0.5) is 0 Å². The third-order valence-electron chi connectivity index (χ3n) is 4.24. The molecule has 7 heteroatoms. The van der Waals surface area contributed by atoms with Crippen molar-refractivity contribution in [2.75, 3.05) is 0 Å². The number of hydrogen-bond acceptors (Lipinski definition) is 4. The van der Waals surface area contributed by atoms with Gasteiger partial charge >= 0.3 is 0 Å². The molecule has 5 aromatic rings. The van der Waals surface area contributed by atoms with Crippen LogP contribution in [0.25, 0.3) is 33.4 Å². The van der Waals surface area contributed by atoms with Gasteiger partial charge in [0.15, 0.2) is 4.96 Å². The zero-order chi connectivity index (χ0) is 18.5. The monoisotopic (exact) mass is 412 g/mol. The highest BCUT2D eigenvalue weighted by atomic mass is 35.5. The number of halogens is 2. The Morgan fingerprint density at radius 2 is 1.93 bits per heavy atom. The molecule has 0 aliphatic rings. The van der Waals surface area contributed by atoms with Crippen LogP contribution in [-0.4, -0.2) is 9.38 Å². The maximum absolute atomic E-state index is 12.8. The van der Waals surface area contributed by atoms with Crippen LogP contribution >= 0.6 is 34.5 Å². The average molecular weight is 413 g/mol. The van der Waals surface area contributed by atoms with Gasteiger partial charge in [0.05, 0.1) is 16.1 Å². The van der Waals surface area contributed by atoms with Gasteiger partial charge in [-0.15, -0.1) is 0 Å². The van der Waals surface area contributed by atoms with Crippen LogP contribution in [0.5, 0.6) is 0 Å². The zero-order valence-electron chi connectivity index (χ0n) is 13.6. The van der Waals surface area contributed by atoms with Crippen molar-refractivity contribution in [1.29, 1.82) is 0 Å². The van der Waals surface area contributed by atoms with Gasteiger partial charge in [-0.3, -0.25) is 4.79 Å². The summed E-state index contributed by atoms with van der Waals surface area (Å²) in [7, 11) is 0. The second kappa shape index (κ2) is 6.23. The first-order chi connectivity index (χ1) is 13.1. The summed E-state index contributed by atoms with van der Waals surface area (Å²) in [4.78, 5) is 18.0. The molecule has 3 aromatic heterocycles. The molecule has 4 nitrogen and oxygen atoms in total. The topological polar surface area (TPSA) is 47.5 Å². The van der Waals surface area contributed by atoms with Gasteiger partial charge in [-0.25, -0.2) is 9.38 Å². The van der Waals surface area contributed by atoms with Crippen molar-refractivity contribution >= 4 is 56.6 Å². The number of rotatable bonds is 2. The average Bonchev–Trinajstić information content (AvgIpc) is 3.33. The van der Waals surface area contributed by atoms with Crippen LogP contribution < -0.4 is 10.1 Å². The van der Waals surface area contributed by atoms with Gasteiger partial charge in [0, 0.05) is 16.7 Å². The van der Waals surface area contributed by atoms with Crippen molar-refractivity contribution in [3.05, 3.63) is 85.3 Å². The Bertz CT molecular complexity index is 1430. The molecule has 27 heavy (non-hydrogen) atoms. The second-order valence-corrected chi connectivity index (χ2v) is 7.81. The zero-order valence-corrected chi connectivity index (χ0v) is 16.0. The summed E-state index contributed by atoms with van der Waals surface area (Å²) in [6.07, 6.45) is 1.72. The summed E-state index contributed by atoms with van der Waals surface area (Å²) in [6.45, 7) is 0. The molecule has 0 fully saturated rings. The molecular formula is C20H10Cl2N2O2S. The highest BCUT2D eigenvalue weighted by Crippen LogP contribution is 2.32. The number of thiazole rings is 1. The number of fused-ring (bicyclic) bond motifs is 3. The SMILES string of the molecule is O=c1/c(=C\c2ccc(-c3cc(Cl)ccc3Cl)o2)sc2nc3ccccc3n12. The van der Waals surface area contributed by atoms with Crippen molar-refractivity contribution in [3.63, 3.8) is 0 Å². The minimum Gasteiger partial charge on any atom is -0.457 e. The Balaban J connectivity index is 1.63. The molecule has 132 valence electrons. The van der Waals surface area contributed by atoms with E-state index in [0.717, 1.165) is 11.0 Å². The van der Waals surface area contributed by atoms with Gasteiger partial charge < -0.3 is 4.42 Å². The van der Waals surface area contributed by atoms with Crippen LogP contribution in [0, 0.1) is 0 Å². The summed E-state index contributed by atoms with van der Waals surface area (Å²) in [5.74, 6) is 1.15. The lowest BCUT2D eigenvalue weighted by molar-refractivity contribution is 0.571. The Kier molecular flexibility index (Phi) is 3.82. The molecule has 5 rings (SSSR count). The first-order valence-corrected chi connectivity index (χ1v) is 9.64. The van der Waals surface area contributed by atoms with E-state index >= 15 is 0 Å². The molecule has 0 radical (unpaired) electrons. The van der Waals surface area contributed by atoms with Gasteiger partial charge in [0.25, 0.3) is 5.56 Å².